The Morgan fingerprint density at radius 3 is 2.47 bits per heavy atom. The summed E-state index contributed by atoms with van der Waals surface area (Å²) in [6, 6.07) is 17.2. The topological polar surface area (TPSA) is 65.0 Å². The molecule has 1 heterocycles. The minimum atomic E-state index is -0.521. The van der Waals surface area contributed by atoms with E-state index in [2.05, 4.69) is 36.9 Å². The van der Waals surface area contributed by atoms with Crippen LogP contribution in [0.15, 0.2) is 74.2 Å². The molecule has 3 aromatic carbocycles. The van der Waals surface area contributed by atoms with Crippen LogP contribution in [0.25, 0.3) is 16.8 Å². The van der Waals surface area contributed by atoms with E-state index in [1.165, 1.54) is 0 Å². The Morgan fingerprint density at radius 1 is 1.07 bits per heavy atom. The molecular weight excluding hydrogens is 514 g/mol. The normalized spacial score (nSPS) is 14.7. The van der Waals surface area contributed by atoms with Gasteiger partial charge in [-0.1, -0.05) is 37.3 Å². The van der Waals surface area contributed by atoms with E-state index in [4.69, 9.17) is 9.47 Å². The SMILES string of the molecule is CCC(=O)Oc1c(Br)cc(/C=C2\N=C(c3ccc4ccccc4c3)OC2=O)cc1Br. The number of carbonyl (C=O) groups excluding carboxylic acids is 2. The molecule has 30 heavy (non-hydrogen) atoms. The van der Waals surface area contributed by atoms with Gasteiger partial charge in [-0.3, -0.25) is 4.79 Å². The molecular formula is C23H15Br2NO4. The van der Waals surface area contributed by atoms with Crippen molar-refractivity contribution in [3.63, 3.8) is 0 Å². The number of ether oxygens (including phenoxy) is 2. The predicted octanol–water partition coefficient (Wildman–Crippen LogP) is 6.02. The third-order valence-electron chi connectivity index (χ3n) is 4.45. The lowest BCUT2D eigenvalue weighted by Crippen LogP contribution is -2.06. The van der Waals surface area contributed by atoms with E-state index in [1.807, 2.05) is 42.5 Å². The second kappa shape index (κ2) is 8.53. The molecule has 0 atom stereocenters. The van der Waals surface area contributed by atoms with Crippen LogP contribution in [0, 0.1) is 0 Å². The standard InChI is InChI=1S/C23H15Br2NO4/c1-2-20(27)29-21-17(24)9-13(10-18(21)25)11-19-23(28)30-22(26-19)16-8-7-14-5-3-4-6-15(14)12-16/h3-12H,2H2,1H3/b19-11-. The van der Waals surface area contributed by atoms with E-state index in [0.29, 0.717) is 20.3 Å². The molecule has 1 aliphatic rings. The van der Waals surface area contributed by atoms with E-state index < -0.39 is 5.97 Å². The molecule has 150 valence electrons. The molecule has 4 rings (SSSR count). The summed E-state index contributed by atoms with van der Waals surface area (Å²) in [6.45, 7) is 1.72. The zero-order valence-corrected chi connectivity index (χ0v) is 19.0. The third kappa shape index (κ3) is 4.22. The minimum Gasteiger partial charge on any atom is -0.424 e. The number of nitrogens with zero attached hydrogens (tertiary/aromatic N) is 1. The van der Waals surface area contributed by atoms with Gasteiger partial charge in [0.25, 0.3) is 0 Å². The first kappa shape index (κ1) is 20.5. The van der Waals surface area contributed by atoms with Crippen LogP contribution in [0.3, 0.4) is 0 Å². The first-order valence-electron chi connectivity index (χ1n) is 9.16. The van der Waals surface area contributed by atoms with Crippen LogP contribution in [0.5, 0.6) is 5.75 Å². The van der Waals surface area contributed by atoms with Gasteiger partial charge in [-0.2, -0.15) is 0 Å². The molecule has 3 aromatic rings. The van der Waals surface area contributed by atoms with Crippen molar-refractivity contribution in [1.29, 1.82) is 0 Å². The Bertz CT molecular complexity index is 1220. The summed E-state index contributed by atoms with van der Waals surface area (Å²) >= 11 is 6.81. The first-order chi connectivity index (χ1) is 14.4. The van der Waals surface area contributed by atoms with Gasteiger partial charge in [0, 0.05) is 12.0 Å². The number of cyclic esters (lactones) is 1. The van der Waals surface area contributed by atoms with Gasteiger partial charge in [-0.15, -0.1) is 0 Å². The average Bonchev–Trinajstić information content (AvgIpc) is 3.10. The Kier molecular flexibility index (Phi) is 5.83. The number of hydrogen-bond acceptors (Lipinski definition) is 5. The van der Waals surface area contributed by atoms with Crippen molar-refractivity contribution in [2.24, 2.45) is 4.99 Å². The summed E-state index contributed by atoms with van der Waals surface area (Å²) < 4.78 is 11.8. The lowest BCUT2D eigenvalue weighted by atomic mass is 10.1. The highest BCUT2D eigenvalue weighted by molar-refractivity contribution is 9.11. The maximum Gasteiger partial charge on any atom is 0.363 e. The number of rotatable bonds is 4. The first-order valence-corrected chi connectivity index (χ1v) is 10.7. The quantitative estimate of drug-likeness (QED) is 0.236. The minimum absolute atomic E-state index is 0.190. The van der Waals surface area contributed by atoms with Crippen molar-refractivity contribution in [2.45, 2.75) is 13.3 Å². The van der Waals surface area contributed by atoms with E-state index in [-0.39, 0.29) is 24.0 Å². The zero-order chi connectivity index (χ0) is 21.3. The molecule has 0 aromatic heterocycles. The van der Waals surface area contributed by atoms with Gasteiger partial charge in [-0.05, 0) is 78.5 Å². The second-order valence-corrected chi connectivity index (χ2v) is 8.25. The van der Waals surface area contributed by atoms with Crippen LogP contribution in [0.4, 0.5) is 0 Å². The number of aliphatic imine (C=N–C) groups is 1. The summed E-state index contributed by atoms with van der Waals surface area (Å²) in [4.78, 5) is 28.3. The lowest BCUT2D eigenvalue weighted by molar-refractivity contribution is -0.134. The highest BCUT2D eigenvalue weighted by Gasteiger charge is 2.24. The molecule has 0 fully saturated rings. The van der Waals surface area contributed by atoms with E-state index >= 15 is 0 Å². The average molecular weight is 529 g/mol. The molecule has 0 amide bonds. The second-order valence-electron chi connectivity index (χ2n) is 6.54. The number of fused-ring (bicyclic) bond motifs is 1. The van der Waals surface area contributed by atoms with Crippen LogP contribution in [0.2, 0.25) is 0 Å². The van der Waals surface area contributed by atoms with Gasteiger partial charge in [0.15, 0.2) is 11.4 Å². The fourth-order valence-corrected chi connectivity index (χ4v) is 4.34. The highest BCUT2D eigenvalue weighted by atomic mass is 79.9. The predicted molar refractivity (Wildman–Crippen MR) is 122 cm³/mol. The monoisotopic (exact) mass is 527 g/mol. The van der Waals surface area contributed by atoms with Crippen molar-refractivity contribution in [2.75, 3.05) is 0 Å². The van der Waals surface area contributed by atoms with Crippen molar-refractivity contribution in [3.05, 3.63) is 80.4 Å². The van der Waals surface area contributed by atoms with Crippen molar-refractivity contribution in [1.82, 2.24) is 0 Å². The zero-order valence-electron chi connectivity index (χ0n) is 15.8. The van der Waals surface area contributed by atoms with Crippen LogP contribution >= 0.6 is 31.9 Å². The molecule has 0 N–H and O–H groups in total. The third-order valence-corrected chi connectivity index (χ3v) is 5.62. The summed E-state index contributed by atoms with van der Waals surface area (Å²) in [5.41, 5.74) is 1.62. The molecule has 1 aliphatic heterocycles. The van der Waals surface area contributed by atoms with Gasteiger partial charge in [0.1, 0.15) is 0 Å². The molecule has 7 heteroatoms. The van der Waals surface area contributed by atoms with Crippen LogP contribution in [0.1, 0.15) is 24.5 Å². The summed E-state index contributed by atoms with van der Waals surface area (Å²) in [7, 11) is 0. The van der Waals surface area contributed by atoms with Crippen molar-refractivity contribution < 1.29 is 19.1 Å². The van der Waals surface area contributed by atoms with Crippen molar-refractivity contribution in [3.8, 4) is 5.75 Å². The number of hydrogen-bond donors (Lipinski definition) is 0. The van der Waals surface area contributed by atoms with E-state index in [1.54, 1.807) is 25.1 Å². The molecule has 5 nitrogen and oxygen atoms in total. The van der Waals surface area contributed by atoms with Crippen LogP contribution in [-0.4, -0.2) is 17.8 Å². The highest BCUT2D eigenvalue weighted by Crippen LogP contribution is 2.36. The van der Waals surface area contributed by atoms with Gasteiger partial charge in [-0.25, -0.2) is 9.79 Å². The van der Waals surface area contributed by atoms with Crippen LogP contribution < -0.4 is 4.74 Å². The van der Waals surface area contributed by atoms with Gasteiger partial charge >= 0.3 is 11.9 Å². The molecule has 0 saturated heterocycles. The summed E-state index contributed by atoms with van der Waals surface area (Å²) in [5, 5.41) is 2.14. The molecule has 0 saturated carbocycles. The molecule has 0 radical (unpaired) electrons. The maximum atomic E-state index is 12.3. The number of halogens is 2. The Labute approximate surface area is 189 Å². The molecule has 0 aliphatic carbocycles. The van der Waals surface area contributed by atoms with Gasteiger partial charge in [0.05, 0.1) is 8.95 Å². The Morgan fingerprint density at radius 2 is 1.77 bits per heavy atom. The lowest BCUT2D eigenvalue weighted by Gasteiger charge is -2.09. The van der Waals surface area contributed by atoms with E-state index in [0.717, 1.165) is 16.3 Å². The number of esters is 2. The molecule has 0 spiro atoms. The van der Waals surface area contributed by atoms with Crippen molar-refractivity contribution >= 4 is 66.5 Å². The maximum absolute atomic E-state index is 12.3. The Balaban J connectivity index is 1.65. The van der Waals surface area contributed by atoms with Crippen LogP contribution in [-0.2, 0) is 14.3 Å². The number of carbonyl (C=O) groups is 2. The fraction of sp³-hybridized carbons (Fsp3) is 0.0870. The molecule has 0 unspecified atom stereocenters. The summed E-state index contributed by atoms with van der Waals surface area (Å²) in [6.07, 6.45) is 1.89. The largest absolute Gasteiger partial charge is 0.424 e. The van der Waals surface area contributed by atoms with E-state index in [9.17, 15) is 9.59 Å². The molecule has 0 bridgehead atoms. The fourth-order valence-electron chi connectivity index (χ4n) is 2.96. The van der Waals surface area contributed by atoms with Gasteiger partial charge < -0.3 is 9.47 Å². The van der Waals surface area contributed by atoms with Gasteiger partial charge in [0.2, 0.25) is 5.90 Å². The number of benzene rings is 3. The Hall–Kier alpha value is -2.77. The smallest absolute Gasteiger partial charge is 0.363 e. The summed E-state index contributed by atoms with van der Waals surface area (Å²) in [5.74, 6) is -0.208.